The van der Waals surface area contributed by atoms with Gasteiger partial charge in [0.25, 0.3) is 5.91 Å². The molecular formula is C10H16N4OS. The van der Waals surface area contributed by atoms with Gasteiger partial charge < -0.3 is 10.6 Å². The van der Waals surface area contributed by atoms with Gasteiger partial charge in [-0.25, -0.2) is 0 Å². The van der Waals surface area contributed by atoms with Gasteiger partial charge >= 0.3 is 0 Å². The van der Waals surface area contributed by atoms with Crippen molar-refractivity contribution in [2.24, 2.45) is 11.7 Å². The van der Waals surface area contributed by atoms with E-state index in [1.165, 1.54) is 18.0 Å². The third-order valence-electron chi connectivity index (χ3n) is 2.96. The summed E-state index contributed by atoms with van der Waals surface area (Å²) in [5, 5.41) is 5.52. The predicted octanol–water partition coefficient (Wildman–Crippen LogP) is 0.739. The minimum Gasteiger partial charge on any atom is -0.337 e. The van der Waals surface area contributed by atoms with Gasteiger partial charge in [0.1, 0.15) is 0 Å². The van der Waals surface area contributed by atoms with Gasteiger partial charge in [0.2, 0.25) is 0 Å². The van der Waals surface area contributed by atoms with Crippen LogP contribution in [-0.2, 0) is 0 Å². The molecule has 88 valence electrons. The van der Waals surface area contributed by atoms with Crippen molar-refractivity contribution in [3.05, 3.63) is 11.1 Å². The van der Waals surface area contributed by atoms with E-state index in [1.807, 2.05) is 4.90 Å². The molecule has 1 aromatic heterocycles. The zero-order valence-electron chi connectivity index (χ0n) is 9.13. The lowest BCUT2D eigenvalue weighted by atomic mass is 9.95. The Balaban J connectivity index is 1.96. The standard InChI is InChI=1S/C10H16N4OS/c11-4-3-8-2-1-5-14(6-8)10(15)9-7-16-13-12-9/h7-8H,1-6,11H2. The molecule has 6 heteroatoms. The van der Waals surface area contributed by atoms with E-state index >= 15 is 0 Å². The lowest BCUT2D eigenvalue weighted by molar-refractivity contribution is 0.0663. The fourth-order valence-corrected chi connectivity index (χ4v) is 2.57. The van der Waals surface area contributed by atoms with Crippen molar-refractivity contribution in [2.75, 3.05) is 19.6 Å². The Morgan fingerprint density at radius 2 is 2.56 bits per heavy atom. The Morgan fingerprint density at radius 1 is 1.69 bits per heavy atom. The summed E-state index contributed by atoms with van der Waals surface area (Å²) < 4.78 is 3.72. The minimum absolute atomic E-state index is 0.00970. The molecule has 1 fully saturated rings. The highest BCUT2D eigenvalue weighted by Gasteiger charge is 2.25. The normalized spacial score (nSPS) is 21.1. The highest BCUT2D eigenvalue weighted by molar-refractivity contribution is 7.03. The van der Waals surface area contributed by atoms with Crippen LogP contribution in [0.25, 0.3) is 0 Å². The molecule has 16 heavy (non-hydrogen) atoms. The zero-order chi connectivity index (χ0) is 11.4. The first-order valence-corrected chi connectivity index (χ1v) is 6.41. The van der Waals surface area contributed by atoms with Crippen molar-refractivity contribution >= 4 is 17.4 Å². The number of rotatable bonds is 3. The number of carbonyl (C=O) groups excluding carboxylic acids is 1. The fraction of sp³-hybridized carbons (Fsp3) is 0.700. The first-order chi connectivity index (χ1) is 7.81. The summed E-state index contributed by atoms with van der Waals surface area (Å²) in [4.78, 5) is 13.9. The molecule has 0 saturated carbocycles. The van der Waals surface area contributed by atoms with Crippen molar-refractivity contribution in [3.63, 3.8) is 0 Å². The summed E-state index contributed by atoms with van der Waals surface area (Å²) in [5.74, 6) is 0.560. The second kappa shape index (κ2) is 5.36. The number of amides is 1. The smallest absolute Gasteiger partial charge is 0.275 e. The van der Waals surface area contributed by atoms with Crippen LogP contribution in [-0.4, -0.2) is 40.0 Å². The maximum atomic E-state index is 12.0. The Hall–Kier alpha value is -1.01. The van der Waals surface area contributed by atoms with Crippen LogP contribution < -0.4 is 5.73 Å². The van der Waals surface area contributed by atoms with E-state index in [2.05, 4.69) is 9.59 Å². The third-order valence-corrected chi connectivity index (χ3v) is 3.46. The number of nitrogens with zero attached hydrogens (tertiary/aromatic N) is 3. The van der Waals surface area contributed by atoms with Gasteiger partial charge in [-0.3, -0.25) is 4.79 Å². The number of aromatic nitrogens is 2. The van der Waals surface area contributed by atoms with Gasteiger partial charge in [0.05, 0.1) is 0 Å². The van der Waals surface area contributed by atoms with Gasteiger partial charge in [0, 0.05) is 18.5 Å². The maximum absolute atomic E-state index is 12.0. The number of carbonyl (C=O) groups is 1. The van der Waals surface area contributed by atoms with E-state index in [1.54, 1.807) is 5.38 Å². The van der Waals surface area contributed by atoms with E-state index in [9.17, 15) is 4.79 Å². The van der Waals surface area contributed by atoms with Crippen LogP contribution in [0.1, 0.15) is 29.8 Å². The van der Waals surface area contributed by atoms with E-state index in [4.69, 9.17) is 5.73 Å². The van der Waals surface area contributed by atoms with Gasteiger partial charge in [-0.1, -0.05) is 4.49 Å². The monoisotopic (exact) mass is 240 g/mol. The van der Waals surface area contributed by atoms with Crippen LogP contribution in [0, 0.1) is 5.92 Å². The largest absolute Gasteiger partial charge is 0.337 e. The van der Waals surface area contributed by atoms with Crippen LogP contribution in [0.5, 0.6) is 0 Å². The molecule has 0 aromatic carbocycles. The molecule has 1 atom stereocenters. The number of likely N-dealkylation sites (tertiary alicyclic amines) is 1. The fourth-order valence-electron chi connectivity index (χ4n) is 2.14. The Labute approximate surface area is 98.8 Å². The molecule has 1 amide bonds. The molecule has 1 aromatic rings. The second-order valence-electron chi connectivity index (χ2n) is 4.13. The number of hydrogen-bond acceptors (Lipinski definition) is 5. The van der Waals surface area contributed by atoms with Gasteiger partial charge in [0.15, 0.2) is 5.69 Å². The minimum atomic E-state index is 0.00970. The molecule has 1 saturated heterocycles. The molecule has 1 aliphatic heterocycles. The number of piperidine rings is 1. The van der Waals surface area contributed by atoms with Crippen molar-refractivity contribution < 1.29 is 4.79 Å². The second-order valence-corrected chi connectivity index (χ2v) is 4.74. The summed E-state index contributed by atoms with van der Waals surface area (Å²) in [6.07, 6.45) is 3.24. The highest BCUT2D eigenvalue weighted by Crippen LogP contribution is 2.20. The molecule has 0 bridgehead atoms. The number of hydrogen-bond donors (Lipinski definition) is 1. The maximum Gasteiger partial charge on any atom is 0.275 e. The molecule has 2 heterocycles. The lowest BCUT2D eigenvalue weighted by Gasteiger charge is -2.32. The van der Waals surface area contributed by atoms with Crippen LogP contribution in [0.2, 0.25) is 0 Å². The average Bonchev–Trinajstić information content (AvgIpc) is 2.82. The first kappa shape index (κ1) is 11.5. The van der Waals surface area contributed by atoms with Crippen molar-refractivity contribution in [2.45, 2.75) is 19.3 Å². The summed E-state index contributed by atoms with van der Waals surface area (Å²) in [7, 11) is 0. The Morgan fingerprint density at radius 3 is 3.25 bits per heavy atom. The Bertz CT molecular complexity index is 339. The zero-order valence-corrected chi connectivity index (χ0v) is 9.95. The van der Waals surface area contributed by atoms with Crippen molar-refractivity contribution in [1.29, 1.82) is 0 Å². The van der Waals surface area contributed by atoms with E-state index in [0.29, 0.717) is 18.2 Å². The van der Waals surface area contributed by atoms with Crippen molar-refractivity contribution in [3.8, 4) is 0 Å². The molecule has 2 N–H and O–H groups in total. The Kier molecular flexibility index (Phi) is 3.84. The predicted molar refractivity (Wildman–Crippen MR) is 62.2 cm³/mol. The lowest BCUT2D eigenvalue weighted by Crippen LogP contribution is -2.40. The molecule has 1 unspecified atom stereocenters. The summed E-state index contributed by atoms with van der Waals surface area (Å²) >= 11 is 1.21. The van der Waals surface area contributed by atoms with E-state index in [-0.39, 0.29) is 5.91 Å². The first-order valence-electron chi connectivity index (χ1n) is 5.57. The molecule has 1 aliphatic rings. The molecule has 0 spiro atoms. The van der Waals surface area contributed by atoms with Crippen molar-refractivity contribution in [1.82, 2.24) is 14.5 Å². The molecular weight excluding hydrogens is 224 g/mol. The van der Waals surface area contributed by atoms with E-state index < -0.39 is 0 Å². The SMILES string of the molecule is NCCC1CCCN(C(=O)c2csnn2)C1. The summed E-state index contributed by atoms with van der Waals surface area (Å²) in [5.41, 5.74) is 6.02. The van der Waals surface area contributed by atoms with Gasteiger partial charge in [-0.2, -0.15) is 0 Å². The molecule has 2 rings (SSSR count). The van der Waals surface area contributed by atoms with Crippen LogP contribution in [0.4, 0.5) is 0 Å². The third kappa shape index (κ3) is 2.56. The van der Waals surface area contributed by atoms with E-state index in [0.717, 1.165) is 25.9 Å². The quantitative estimate of drug-likeness (QED) is 0.845. The number of nitrogens with two attached hydrogens (primary N) is 1. The van der Waals surface area contributed by atoms with Gasteiger partial charge in [-0.15, -0.1) is 5.10 Å². The van der Waals surface area contributed by atoms with Gasteiger partial charge in [-0.05, 0) is 43.3 Å². The topological polar surface area (TPSA) is 72.1 Å². The van der Waals surface area contributed by atoms with Crippen LogP contribution in [0.15, 0.2) is 5.38 Å². The molecule has 0 radical (unpaired) electrons. The highest BCUT2D eigenvalue weighted by atomic mass is 32.1. The summed E-state index contributed by atoms with van der Waals surface area (Å²) in [6, 6.07) is 0. The summed E-state index contributed by atoms with van der Waals surface area (Å²) in [6.45, 7) is 2.34. The molecule has 5 nitrogen and oxygen atoms in total. The molecule has 0 aliphatic carbocycles. The average molecular weight is 240 g/mol. The van der Waals surface area contributed by atoms with Crippen LogP contribution in [0.3, 0.4) is 0 Å². The van der Waals surface area contributed by atoms with Crippen LogP contribution >= 0.6 is 11.5 Å².